The monoisotopic (exact) mass is 436 g/mol. The van der Waals surface area contributed by atoms with E-state index in [1.165, 1.54) is 0 Å². The van der Waals surface area contributed by atoms with E-state index in [4.69, 9.17) is 16.3 Å². The lowest BCUT2D eigenvalue weighted by Gasteiger charge is -2.29. The number of fused-ring (bicyclic) bond motifs is 2. The van der Waals surface area contributed by atoms with E-state index in [9.17, 15) is 4.79 Å². The van der Waals surface area contributed by atoms with E-state index in [2.05, 4.69) is 10.2 Å². The summed E-state index contributed by atoms with van der Waals surface area (Å²) in [7, 11) is 0. The number of benzene rings is 3. The Morgan fingerprint density at radius 2 is 1.90 bits per heavy atom. The molecule has 5 rings (SSSR count). The lowest BCUT2D eigenvalue weighted by atomic mass is 10.1. The number of halogens is 1. The summed E-state index contributed by atoms with van der Waals surface area (Å²) < 4.78 is 7.59. The van der Waals surface area contributed by atoms with Gasteiger partial charge in [-0.15, -0.1) is 10.2 Å². The first-order chi connectivity index (χ1) is 14.7. The van der Waals surface area contributed by atoms with Crippen molar-refractivity contribution in [3.05, 3.63) is 83.1 Å². The van der Waals surface area contributed by atoms with E-state index >= 15 is 0 Å². The Balaban J connectivity index is 1.43. The molecule has 0 atom stereocenters. The summed E-state index contributed by atoms with van der Waals surface area (Å²) in [5.41, 5.74) is 0.627. The highest BCUT2D eigenvalue weighted by molar-refractivity contribution is 7.99. The molecule has 0 unspecified atom stereocenters. The molecule has 8 heteroatoms. The van der Waals surface area contributed by atoms with Crippen molar-refractivity contribution < 1.29 is 9.53 Å². The molecule has 0 aliphatic carbocycles. The molecule has 6 nitrogen and oxygen atoms in total. The molecule has 1 aromatic heterocycles. The average molecular weight is 437 g/mol. The number of carbonyl (C=O) groups excluding carboxylic acids is 1. The Labute approximate surface area is 182 Å². The molecule has 1 aliphatic heterocycles. The fourth-order valence-corrected chi connectivity index (χ4v) is 4.46. The Hall–Kier alpha value is -3.03. The highest BCUT2D eigenvalue weighted by Gasteiger charge is 2.28. The molecule has 0 bridgehead atoms. The number of rotatable bonds is 4. The quantitative estimate of drug-likeness (QED) is 0.469. The third-order valence-electron chi connectivity index (χ3n) is 4.85. The van der Waals surface area contributed by atoms with Crippen LogP contribution in [0, 0.1) is 0 Å². The molecule has 150 valence electrons. The second kappa shape index (κ2) is 8.01. The summed E-state index contributed by atoms with van der Waals surface area (Å²) in [6.45, 7) is 0.737. The Kier molecular flexibility index (Phi) is 5.06. The third kappa shape index (κ3) is 3.62. The van der Waals surface area contributed by atoms with Gasteiger partial charge in [0, 0.05) is 16.3 Å². The lowest BCUT2D eigenvalue weighted by molar-refractivity contribution is 0.0953. The highest BCUT2D eigenvalue weighted by atomic mass is 35.5. The first-order valence-electron chi connectivity index (χ1n) is 9.45. The van der Waals surface area contributed by atoms with Gasteiger partial charge < -0.3 is 4.74 Å². The van der Waals surface area contributed by atoms with Gasteiger partial charge in [-0.25, -0.2) is 9.69 Å². The molecule has 0 spiro atoms. The van der Waals surface area contributed by atoms with Gasteiger partial charge in [0.05, 0.1) is 6.54 Å². The highest BCUT2D eigenvalue weighted by Crippen LogP contribution is 2.25. The SMILES string of the molecule is O=C(c1ccc2ccccc2c1)N1CCSc2nnc(COc3cccc(Cl)c3)n21. The lowest BCUT2D eigenvalue weighted by Crippen LogP contribution is -2.45. The van der Waals surface area contributed by atoms with Crippen molar-refractivity contribution in [1.29, 1.82) is 0 Å². The molecular weight excluding hydrogens is 420 g/mol. The summed E-state index contributed by atoms with van der Waals surface area (Å²) in [6, 6.07) is 20.9. The number of carbonyl (C=O) groups is 1. The molecule has 4 aromatic rings. The third-order valence-corrected chi connectivity index (χ3v) is 5.98. The molecular formula is C22H17ClN4O2S. The van der Waals surface area contributed by atoms with Crippen molar-refractivity contribution in [3.8, 4) is 5.75 Å². The molecule has 2 heterocycles. The molecule has 0 saturated carbocycles. The van der Waals surface area contributed by atoms with E-state index in [1.807, 2.05) is 54.6 Å². The van der Waals surface area contributed by atoms with Crippen molar-refractivity contribution in [3.63, 3.8) is 0 Å². The van der Waals surface area contributed by atoms with E-state index in [1.54, 1.807) is 33.6 Å². The van der Waals surface area contributed by atoms with Crippen LogP contribution in [0.15, 0.2) is 71.9 Å². The molecule has 3 aromatic carbocycles. The normalized spacial score (nSPS) is 13.3. The zero-order valence-electron chi connectivity index (χ0n) is 15.9. The Bertz CT molecular complexity index is 1240. The average Bonchev–Trinajstić information content (AvgIpc) is 3.20. The smallest absolute Gasteiger partial charge is 0.272 e. The standard InChI is InChI=1S/C22H17ClN4O2S/c23-18-6-3-7-19(13-18)29-14-20-24-25-22-27(20)26(10-11-30-22)21(28)17-9-8-15-4-1-2-5-16(15)12-17/h1-9,12-13H,10-11,14H2. The van der Waals surface area contributed by atoms with Gasteiger partial charge in [-0.3, -0.25) is 4.79 Å². The van der Waals surface area contributed by atoms with Crippen molar-refractivity contribution in [2.24, 2.45) is 0 Å². The fraction of sp³-hybridized carbons (Fsp3) is 0.136. The maximum absolute atomic E-state index is 13.4. The first kappa shape index (κ1) is 19.0. The second-order valence-electron chi connectivity index (χ2n) is 6.80. The fourth-order valence-electron chi connectivity index (χ4n) is 3.41. The van der Waals surface area contributed by atoms with E-state index in [0.717, 1.165) is 16.5 Å². The van der Waals surface area contributed by atoms with Crippen LogP contribution >= 0.6 is 23.4 Å². The topological polar surface area (TPSA) is 60.3 Å². The summed E-state index contributed by atoms with van der Waals surface area (Å²) >= 11 is 7.60. The minimum atomic E-state index is -0.0916. The molecule has 1 aliphatic rings. The van der Waals surface area contributed by atoms with Crippen LogP contribution < -0.4 is 9.75 Å². The summed E-state index contributed by atoms with van der Waals surface area (Å²) in [5.74, 6) is 1.86. The van der Waals surface area contributed by atoms with Crippen LogP contribution in [0.25, 0.3) is 10.8 Å². The molecule has 0 saturated heterocycles. The Morgan fingerprint density at radius 1 is 1.03 bits per heavy atom. The van der Waals surface area contributed by atoms with Crippen molar-refractivity contribution in [1.82, 2.24) is 14.9 Å². The molecule has 0 radical (unpaired) electrons. The summed E-state index contributed by atoms with van der Waals surface area (Å²) in [4.78, 5) is 13.4. The number of aromatic nitrogens is 3. The van der Waals surface area contributed by atoms with Crippen LogP contribution in [-0.2, 0) is 6.61 Å². The minimum absolute atomic E-state index is 0.0916. The van der Waals surface area contributed by atoms with Gasteiger partial charge in [-0.05, 0) is 41.1 Å². The van der Waals surface area contributed by atoms with Gasteiger partial charge in [-0.2, -0.15) is 0 Å². The van der Waals surface area contributed by atoms with E-state index in [-0.39, 0.29) is 12.5 Å². The number of thioether (sulfide) groups is 1. The number of nitrogens with zero attached hydrogens (tertiary/aromatic N) is 4. The maximum Gasteiger partial charge on any atom is 0.272 e. The molecule has 0 N–H and O–H groups in total. The van der Waals surface area contributed by atoms with E-state index in [0.29, 0.717) is 33.9 Å². The van der Waals surface area contributed by atoms with Crippen LogP contribution in [-0.4, -0.2) is 33.1 Å². The van der Waals surface area contributed by atoms with Crippen LogP contribution in [0.2, 0.25) is 5.02 Å². The largest absolute Gasteiger partial charge is 0.485 e. The van der Waals surface area contributed by atoms with Crippen LogP contribution in [0.5, 0.6) is 5.75 Å². The van der Waals surface area contributed by atoms with E-state index < -0.39 is 0 Å². The van der Waals surface area contributed by atoms with Crippen LogP contribution in [0.4, 0.5) is 0 Å². The van der Waals surface area contributed by atoms with Gasteiger partial charge in [0.1, 0.15) is 12.4 Å². The number of hydrogen-bond donors (Lipinski definition) is 0. The van der Waals surface area contributed by atoms with Gasteiger partial charge >= 0.3 is 0 Å². The zero-order chi connectivity index (χ0) is 20.5. The summed E-state index contributed by atoms with van der Waals surface area (Å²) in [6.07, 6.45) is 0. The minimum Gasteiger partial charge on any atom is -0.485 e. The summed E-state index contributed by atoms with van der Waals surface area (Å²) in [5, 5.41) is 13.6. The van der Waals surface area contributed by atoms with Gasteiger partial charge in [0.15, 0.2) is 5.82 Å². The molecule has 0 fully saturated rings. The van der Waals surface area contributed by atoms with Crippen molar-refractivity contribution in [2.75, 3.05) is 17.3 Å². The Morgan fingerprint density at radius 3 is 2.77 bits per heavy atom. The maximum atomic E-state index is 13.4. The van der Waals surface area contributed by atoms with Gasteiger partial charge in [-0.1, -0.05) is 59.8 Å². The van der Waals surface area contributed by atoms with Gasteiger partial charge in [0.25, 0.3) is 5.91 Å². The van der Waals surface area contributed by atoms with Crippen molar-refractivity contribution in [2.45, 2.75) is 11.8 Å². The van der Waals surface area contributed by atoms with Crippen molar-refractivity contribution >= 4 is 40.0 Å². The van der Waals surface area contributed by atoms with Crippen LogP contribution in [0.1, 0.15) is 16.2 Å². The number of amides is 1. The number of hydrogen-bond acceptors (Lipinski definition) is 5. The first-order valence-corrected chi connectivity index (χ1v) is 10.8. The molecule has 30 heavy (non-hydrogen) atoms. The van der Waals surface area contributed by atoms with Crippen LogP contribution in [0.3, 0.4) is 0 Å². The van der Waals surface area contributed by atoms with Gasteiger partial charge in [0.2, 0.25) is 5.16 Å². The molecule has 1 amide bonds. The zero-order valence-corrected chi connectivity index (χ0v) is 17.4. The predicted octanol–water partition coefficient (Wildman–Crippen LogP) is 4.55. The predicted molar refractivity (Wildman–Crippen MR) is 118 cm³/mol. The second-order valence-corrected chi connectivity index (χ2v) is 8.29. The number of ether oxygens (including phenoxy) is 1.